The molecule has 0 spiro atoms. The molecule has 1 amide bonds. The van der Waals surface area contributed by atoms with Crippen molar-refractivity contribution in [1.29, 1.82) is 0 Å². The molecule has 0 saturated heterocycles. The van der Waals surface area contributed by atoms with Gasteiger partial charge < -0.3 is 10.6 Å². The Morgan fingerprint density at radius 1 is 1.17 bits per heavy atom. The first-order valence-corrected chi connectivity index (χ1v) is 11.9. The predicted molar refractivity (Wildman–Crippen MR) is 130 cm³/mol. The molecule has 1 aliphatic carbocycles. The van der Waals surface area contributed by atoms with Gasteiger partial charge in [0.15, 0.2) is 11.6 Å². The lowest BCUT2D eigenvalue weighted by Gasteiger charge is -2.11. The predicted octanol–water partition coefficient (Wildman–Crippen LogP) is 4.69. The summed E-state index contributed by atoms with van der Waals surface area (Å²) in [5.41, 5.74) is 0.961. The van der Waals surface area contributed by atoms with Crippen LogP contribution in [0.3, 0.4) is 0 Å². The number of fused-ring (bicyclic) bond motifs is 1. The van der Waals surface area contributed by atoms with Gasteiger partial charge in [-0.05, 0) is 62.4 Å². The molecule has 5 rings (SSSR count). The highest BCUT2D eigenvalue weighted by Crippen LogP contribution is 2.33. The van der Waals surface area contributed by atoms with Crippen LogP contribution in [0, 0.1) is 18.6 Å². The van der Waals surface area contributed by atoms with Gasteiger partial charge in [-0.2, -0.15) is 10.2 Å². The van der Waals surface area contributed by atoms with Crippen LogP contribution in [0.2, 0.25) is 0 Å². The van der Waals surface area contributed by atoms with E-state index in [1.807, 2.05) is 6.92 Å². The van der Waals surface area contributed by atoms with Crippen LogP contribution in [0.1, 0.15) is 38.6 Å². The van der Waals surface area contributed by atoms with Crippen LogP contribution in [-0.2, 0) is 19.9 Å². The number of nitrogens with one attached hydrogen (secondary N) is 3. The summed E-state index contributed by atoms with van der Waals surface area (Å²) in [6.07, 6.45) is 3.96. The van der Waals surface area contributed by atoms with Gasteiger partial charge >= 0.3 is 0 Å². The highest BCUT2D eigenvalue weighted by atomic mass is 32.1. The van der Waals surface area contributed by atoms with E-state index in [2.05, 4.69) is 25.9 Å². The molecular formula is C24H22F2N6O2S. The molecule has 0 fully saturated rings. The summed E-state index contributed by atoms with van der Waals surface area (Å²) in [7, 11) is 1.76. The Balaban J connectivity index is 1.45. The SMILES string of the molecule is Cc1cc(Nc2cc(-c3ccc(F)c(NC(=O)c4cc5c(s4)CCCC5)c3F)n[nH]c2=O)nn1C. The van der Waals surface area contributed by atoms with E-state index < -0.39 is 28.8 Å². The summed E-state index contributed by atoms with van der Waals surface area (Å²) in [5, 5.41) is 15.7. The molecular weight excluding hydrogens is 474 g/mol. The van der Waals surface area contributed by atoms with Crippen molar-refractivity contribution in [2.75, 3.05) is 10.6 Å². The Morgan fingerprint density at radius 3 is 2.71 bits per heavy atom. The molecule has 0 bridgehead atoms. The van der Waals surface area contributed by atoms with E-state index >= 15 is 4.39 Å². The average molecular weight is 497 g/mol. The Bertz CT molecular complexity index is 1460. The largest absolute Gasteiger partial charge is 0.334 e. The number of nitrogens with zero attached hydrogens (tertiary/aromatic N) is 3. The molecule has 0 atom stereocenters. The third-order valence-corrected chi connectivity index (χ3v) is 7.24. The van der Waals surface area contributed by atoms with Gasteiger partial charge in [-0.25, -0.2) is 13.9 Å². The van der Waals surface area contributed by atoms with E-state index in [9.17, 15) is 14.0 Å². The number of H-pyrrole nitrogens is 1. The van der Waals surface area contributed by atoms with Gasteiger partial charge in [0.2, 0.25) is 0 Å². The van der Waals surface area contributed by atoms with Crippen LogP contribution >= 0.6 is 11.3 Å². The number of aryl methyl sites for hydroxylation is 4. The lowest BCUT2D eigenvalue weighted by Crippen LogP contribution is -2.15. The zero-order valence-electron chi connectivity index (χ0n) is 19.0. The van der Waals surface area contributed by atoms with Crippen molar-refractivity contribution < 1.29 is 13.6 Å². The average Bonchev–Trinajstić information content (AvgIpc) is 3.41. The highest BCUT2D eigenvalue weighted by molar-refractivity contribution is 7.14. The van der Waals surface area contributed by atoms with Crippen molar-refractivity contribution in [3.05, 3.63) is 73.3 Å². The molecule has 0 radical (unpaired) electrons. The van der Waals surface area contributed by atoms with E-state index in [0.717, 1.165) is 47.9 Å². The van der Waals surface area contributed by atoms with Crippen LogP contribution in [-0.4, -0.2) is 25.9 Å². The van der Waals surface area contributed by atoms with Crippen molar-refractivity contribution in [2.45, 2.75) is 32.6 Å². The van der Waals surface area contributed by atoms with Crippen molar-refractivity contribution >= 4 is 34.4 Å². The zero-order chi connectivity index (χ0) is 24.7. The normalized spacial score (nSPS) is 12.9. The van der Waals surface area contributed by atoms with Crippen LogP contribution in [0.25, 0.3) is 11.3 Å². The van der Waals surface area contributed by atoms with Gasteiger partial charge in [0.1, 0.15) is 17.2 Å². The molecule has 11 heteroatoms. The number of hydrogen-bond acceptors (Lipinski definition) is 6. The zero-order valence-corrected chi connectivity index (χ0v) is 19.9. The van der Waals surface area contributed by atoms with Gasteiger partial charge in [-0.3, -0.25) is 14.3 Å². The molecule has 4 aromatic rings. The monoisotopic (exact) mass is 496 g/mol. The summed E-state index contributed by atoms with van der Waals surface area (Å²) >= 11 is 1.36. The Hall–Kier alpha value is -3.86. The molecule has 1 aliphatic rings. The van der Waals surface area contributed by atoms with Gasteiger partial charge in [0.25, 0.3) is 11.5 Å². The summed E-state index contributed by atoms with van der Waals surface area (Å²) in [5.74, 6) is -2.04. The van der Waals surface area contributed by atoms with Crippen molar-refractivity contribution in [1.82, 2.24) is 20.0 Å². The molecule has 3 aromatic heterocycles. The van der Waals surface area contributed by atoms with Crippen molar-refractivity contribution in [2.24, 2.45) is 7.05 Å². The maximum Gasteiger partial charge on any atom is 0.287 e. The number of carbonyl (C=O) groups excluding carboxylic acids is 1. The second-order valence-corrected chi connectivity index (χ2v) is 9.56. The van der Waals surface area contributed by atoms with E-state index in [4.69, 9.17) is 0 Å². The summed E-state index contributed by atoms with van der Waals surface area (Å²) in [6, 6.07) is 7.15. The fraction of sp³-hybridized carbons (Fsp3) is 0.250. The Morgan fingerprint density at radius 2 is 1.97 bits per heavy atom. The van der Waals surface area contributed by atoms with Gasteiger partial charge in [0, 0.05) is 29.2 Å². The molecule has 35 heavy (non-hydrogen) atoms. The quantitative estimate of drug-likeness (QED) is 0.372. The standard InChI is InChI=1S/C24H22F2N6O2S/c1-12-9-20(31-32(12)2)27-17-11-16(29-30-23(17)33)14-7-8-15(25)22(21(14)26)28-24(34)19-10-13-5-3-4-6-18(13)35-19/h7-11H,3-6H2,1-2H3,(H,28,34)(H,30,33)(H,27,29,31). The summed E-state index contributed by atoms with van der Waals surface area (Å²) in [6.45, 7) is 1.86. The third kappa shape index (κ3) is 4.46. The minimum Gasteiger partial charge on any atom is -0.334 e. The Kier molecular flexibility index (Phi) is 5.93. The number of rotatable bonds is 5. The second-order valence-electron chi connectivity index (χ2n) is 8.42. The number of benzene rings is 1. The van der Waals surface area contributed by atoms with Crippen molar-refractivity contribution in [3.63, 3.8) is 0 Å². The number of halogens is 2. The fourth-order valence-electron chi connectivity index (χ4n) is 4.04. The molecule has 180 valence electrons. The smallest absolute Gasteiger partial charge is 0.287 e. The van der Waals surface area contributed by atoms with Crippen LogP contribution in [0.15, 0.2) is 35.1 Å². The first kappa shape index (κ1) is 22.9. The molecule has 0 unspecified atom stereocenters. The van der Waals surface area contributed by atoms with Crippen LogP contribution in [0.5, 0.6) is 0 Å². The van der Waals surface area contributed by atoms with Gasteiger partial charge in [0.05, 0.1) is 10.6 Å². The lowest BCUT2D eigenvalue weighted by molar-refractivity contribution is 0.102. The van der Waals surface area contributed by atoms with Gasteiger partial charge in [-0.1, -0.05) is 0 Å². The minimum atomic E-state index is -0.987. The molecule has 3 N–H and O–H groups in total. The number of amides is 1. The lowest BCUT2D eigenvalue weighted by atomic mass is 9.99. The van der Waals surface area contributed by atoms with E-state index in [1.54, 1.807) is 23.9 Å². The number of carbonyl (C=O) groups is 1. The second kappa shape index (κ2) is 9.06. The van der Waals surface area contributed by atoms with Crippen LogP contribution < -0.4 is 16.2 Å². The summed E-state index contributed by atoms with van der Waals surface area (Å²) < 4.78 is 31.6. The molecule has 1 aromatic carbocycles. The topological polar surface area (TPSA) is 105 Å². The maximum absolute atomic E-state index is 15.4. The van der Waals surface area contributed by atoms with E-state index in [1.165, 1.54) is 23.5 Å². The van der Waals surface area contributed by atoms with E-state index in [-0.39, 0.29) is 16.9 Å². The number of thiophene rings is 1. The molecule has 0 aliphatic heterocycles. The first-order valence-electron chi connectivity index (χ1n) is 11.1. The number of aromatic amines is 1. The minimum absolute atomic E-state index is 0.0549. The number of hydrogen-bond donors (Lipinski definition) is 3. The third-order valence-electron chi connectivity index (χ3n) is 6.01. The van der Waals surface area contributed by atoms with Crippen LogP contribution in [0.4, 0.5) is 26.0 Å². The Labute approximate surface area is 203 Å². The molecule has 3 heterocycles. The first-order chi connectivity index (χ1) is 16.8. The van der Waals surface area contributed by atoms with Gasteiger partial charge in [-0.15, -0.1) is 11.3 Å². The molecule has 0 saturated carbocycles. The maximum atomic E-state index is 15.4. The number of anilines is 3. The fourth-order valence-corrected chi connectivity index (χ4v) is 5.19. The highest BCUT2D eigenvalue weighted by Gasteiger charge is 2.22. The van der Waals surface area contributed by atoms with E-state index in [0.29, 0.717) is 10.7 Å². The van der Waals surface area contributed by atoms with Crippen molar-refractivity contribution in [3.8, 4) is 11.3 Å². The number of aromatic nitrogens is 4. The summed E-state index contributed by atoms with van der Waals surface area (Å²) in [4.78, 5) is 26.6. The molecule has 8 nitrogen and oxygen atoms in total.